The van der Waals surface area contributed by atoms with Gasteiger partial charge in [0.05, 0.1) is 5.75 Å². The van der Waals surface area contributed by atoms with Crippen LogP contribution in [0.15, 0.2) is 71.4 Å². The Labute approximate surface area is 169 Å². The first-order valence-corrected chi connectivity index (χ1v) is 10.5. The van der Waals surface area contributed by atoms with Crippen LogP contribution in [0.3, 0.4) is 0 Å². The van der Waals surface area contributed by atoms with Crippen molar-refractivity contribution in [1.82, 2.24) is 9.97 Å². The molecule has 1 atom stereocenters. The maximum absolute atomic E-state index is 12.8. The van der Waals surface area contributed by atoms with E-state index in [0.29, 0.717) is 22.6 Å². The first-order chi connectivity index (χ1) is 14.1. The van der Waals surface area contributed by atoms with E-state index in [4.69, 9.17) is 9.15 Å². The molecule has 7 nitrogen and oxygen atoms in total. The number of rotatable bonds is 6. The molecule has 0 unspecified atom stereocenters. The number of furan rings is 1. The summed E-state index contributed by atoms with van der Waals surface area (Å²) in [5, 5.41) is 3.60. The fraction of sp³-hybridized carbons (Fsp3) is 0.0952. The minimum absolute atomic E-state index is 0.166. The Bertz CT molecular complexity index is 1170. The smallest absolute Gasteiger partial charge is 0.321 e. The Morgan fingerprint density at radius 2 is 1.79 bits per heavy atom. The number of nitrogens with zero attached hydrogens (tertiary/aromatic N) is 2. The molecule has 0 bridgehead atoms. The molecule has 2 aromatic carbocycles. The third kappa shape index (κ3) is 4.33. The lowest BCUT2D eigenvalue weighted by molar-refractivity contribution is 0.0998. The summed E-state index contributed by atoms with van der Waals surface area (Å²) in [7, 11) is -1.12. The average Bonchev–Trinajstić information content (AvgIpc) is 3.08. The van der Waals surface area contributed by atoms with Gasteiger partial charge in [-0.15, -0.1) is 0 Å². The van der Waals surface area contributed by atoms with Crippen LogP contribution in [0, 0.1) is 0 Å². The van der Waals surface area contributed by atoms with Gasteiger partial charge in [-0.25, -0.2) is 9.97 Å². The van der Waals surface area contributed by atoms with E-state index in [1.54, 1.807) is 55.0 Å². The molecule has 2 aromatic heterocycles. The molecule has 29 heavy (non-hydrogen) atoms. The predicted octanol–water partition coefficient (Wildman–Crippen LogP) is 4.15. The monoisotopic (exact) mass is 407 g/mol. The molecule has 1 amide bonds. The third-order valence-corrected chi connectivity index (χ3v) is 4.81. The van der Waals surface area contributed by atoms with Gasteiger partial charge in [-0.2, -0.15) is 0 Å². The van der Waals surface area contributed by atoms with Crippen molar-refractivity contribution in [2.45, 2.75) is 5.75 Å². The quantitative estimate of drug-likeness (QED) is 0.516. The molecule has 1 N–H and O–H groups in total. The molecule has 2 heterocycles. The zero-order valence-corrected chi connectivity index (χ0v) is 16.3. The predicted molar refractivity (Wildman–Crippen MR) is 110 cm³/mol. The van der Waals surface area contributed by atoms with E-state index in [-0.39, 0.29) is 17.5 Å². The van der Waals surface area contributed by atoms with E-state index in [1.807, 2.05) is 18.2 Å². The molecular formula is C21H17N3O4S. The van der Waals surface area contributed by atoms with Gasteiger partial charge in [0, 0.05) is 46.1 Å². The van der Waals surface area contributed by atoms with Gasteiger partial charge in [0.2, 0.25) is 0 Å². The first kappa shape index (κ1) is 18.8. The maximum atomic E-state index is 12.8. The number of amides is 1. The lowest BCUT2D eigenvalue weighted by atomic mass is 10.1. The number of anilines is 1. The van der Waals surface area contributed by atoms with E-state index in [9.17, 15) is 9.00 Å². The van der Waals surface area contributed by atoms with Crippen LogP contribution in [-0.4, -0.2) is 26.3 Å². The minimum atomic E-state index is -1.12. The van der Waals surface area contributed by atoms with Crippen LogP contribution in [-0.2, 0) is 16.6 Å². The average molecular weight is 407 g/mol. The lowest BCUT2D eigenvalue weighted by Gasteiger charge is -2.07. The molecule has 0 saturated carbocycles. The number of nitrogens with one attached hydrogen (secondary N) is 1. The number of carbonyl (C=O) groups is 1. The largest absolute Gasteiger partial charge is 0.451 e. The van der Waals surface area contributed by atoms with Gasteiger partial charge in [0.15, 0.2) is 5.76 Å². The van der Waals surface area contributed by atoms with Crippen LogP contribution < -0.4 is 10.1 Å². The number of carbonyl (C=O) groups excluding carboxylic acids is 1. The van der Waals surface area contributed by atoms with E-state index in [1.165, 1.54) is 0 Å². The number of ether oxygens (including phenoxy) is 1. The van der Waals surface area contributed by atoms with Gasteiger partial charge in [0.1, 0.15) is 11.3 Å². The molecule has 146 valence electrons. The summed E-state index contributed by atoms with van der Waals surface area (Å²) in [6, 6.07) is 16.1. The van der Waals surface area contributed by atoms with Crippen molar-refractivity contribution in [2.24, 2.45) is 0 Å². The van der Waals surface area contributed by atoms with Gasteiger partial charge in [-0.1, -0.05) is 18.2 Å². The van der Waals surface area contributed by atoms with Crippen molar-refractivity contribution >= 4 is 33.4 Å². The van der Waals surface area contributed by atoms with E-state index >= 15 is 0 Å². The maximum Gasteiger partial charge on any atom is 0.321 e. The van der Waals surface area contributed by atoms with E-state index in [0.717, 1.165) is 5.39 Å². The Balaban J connectivity index is 1.54. The Morgan fingerprint density at radius 3 is 2.52 bits per heavy atom. The zero-order chi connectivity index (χ0) is 20.2. The van der Waals surface area contributed by atoms with Crippen LogP contribution in [0.4, 0.5) is 5.69 Å². The Morgan fingerprint density at radius 1 is 1.07 bits per heavy atom. The number of benzene rings is 2. The summed E-state index contributed by atoms with van der Waals surface area (Å²) in [4.78, 5) is 20.8. The summed E-state index contributed by atoms with van der Waals surface area (Å²) in [6.45, 7) is 0. The normalized spacial score (nSPS) is 11.9. The molecule has 0 aliphatic rings. The number of fused-ring (bicyclic) bond motifs is 1. The highest BCUT2D eigenvalue weighted by molar-refractivity contribution is 7.83. The molecule has 0 spiro atoms. The van der Waals surface area contributed by atoms with Crippen molar-refractivity contribution < 1.29 is 18.2 Å². The Kier molecular flexibility index (Phi) is 5.35. The van der Waals surface area contributed by atoms with Crippen LogP contribution in [0.2, 0.25) is 0 Å². The second-order valence-electron chi connectivity index (χ2n) is 6.24. The highest BCUT2D eigenvalue weighted by atomic mass is 32.2. The van der Waals surface area contributed by atoms with Crippen molar-refractivity contribution in [2.75, 3.05) is 11.6 Å². The molecule has 0 aliphatic heterocycles. The number of aromatic nitrogens is 2. The molecule has 0 fully saturated rings. The highest BCUT2D eigenvalue weighted by Crippen LogP contribution is 2.28. The molecule has 0 aliphatic carbocycles. The van der Waals surface area contributed by atoms with Crippen molar-refractivity contribution in [3.8, 4) is 11.8 Å². The SMILES string of the molecule is C[S@@](=O)Cc1c(C(=O)Nc2ccc(Oc3ncccn3)cc2)oc2ccccc12. The van der Waals surface area contributed by atoms with E-state index in [2.05, 4.69) is 15.3 Å². The van der Waals surface area contributed by atoms with Crippen molar-refractivity contribution in [1.29, 1.82) is 0 Å². The second-order valence-corrected chi connectivity index (χ2v) is 7.67. The lowest BCUT2D eigenvalue weighted by Crippen LogP contribution is -2.13. The summed E-state index contributed by atoms with van der Waals surface area (Å²) < 4.78 is 23.1. The van der Waals surface area contributed by atoms with Gasteiger partial charge in [-0.3, -0.25) is 9.00 Å². The fourth-order valence-corrected chi connectivity index (χ4v) is 3.56. The van der Waals surface area contributed by atoms with Crippen molar-refractivity contribution in [3.63, 3.8) is 0 Å². The van der Waals surface area contributed by atoms with Gasteiger partial charge in [-0.05, 0) is 36.4 Å². The number of para-hydroxylation sites is 1. The first-order valence-electron chi connectivity index (χ1n) is 8.77. The van der Waals surface area contributed by atoms with Crippen LogP contribution >= 0.6 is 0 Å². The number of hydrogen-bond acceptors (Lipinski definition) is 6. The highest BCUT2D eigenvalue weighted by Gasteiger charge is 2.21. The summed E-state index contributed by atoms with van der Waals surface area (Å²) in [6.07, 6.45) is 4.77. The summed E-state index contributed by atoms with van der Waals surface area (Å²) in [5.74, 6) is 0.546. The van der Waals surface area contributed by atoms with Crippen LogP contribution in [0.1, 0.15) is 16.1 Å². The molecule has 4 rings (SSSR count). The summed E-state index contributed by atoms with van der Waals surface area (Å²) in [5.41, 5.74) is 1.80. The fourth-order valence-electron chi connectivity index (χ4n) is 2.87. The number of hydrogen-bond donors (Lipinski definition) is 1. The molecule has 0 radical (unpaired) electrons. The summed E-state index contributed by atoms with van der Waals surface area (Å²) >= 11 is 0. The topological polar surface area (TPSA) is 94.3 Å². The molecule has 0 saturated heterocycles. The van der Waals surface area contributed by atoms with Crippen molar-refractivity contribution in [3.05, 3.63) is 78.3 Å². The second kappa shape index (κ2) is 8.24. The minimum Gasteiger partial charge on any atom is -0.451 e. The third-order valence-electron chi connectivity index (χ3n) is 4.12. The van der Waals surface area contributed by atoms with Gasteiger partial charge in [0.25, 0.3) is 5.91 Å². The van der Waals surface area contributed by atoms with Crippen LogP contribution in [0.5, 0.6) is 11.8 Å². The standard InChI is InChI=1S/C21H17N3O4S/c1-29(26)13-17-16-5-2-3-6-18(16)28-19(17)20(25)24-14-7-9-15(10-8-14)27-21-22-11-4-12-23-21/h2-12H,13H2,1H3,(H,24,25)/t29-/m1/s1. The molecular weight excluding hydrogens is 390 g/mol. The molecule has 8 heteroatoms. The van der Waals surface area contributed by atoms with E-state index < -0.39 is 16.7 Å². The Hall–Kier alpha value is -3.52. The van der Waals surface area contributed by atoms with Crippen LogP contribution in [0.25, 0.3) is 11.0 Å². The van der Waals surface area contributed by atoms with Gasteiger partial charge >= 0.3 is 6.01 Å². The van der Waals surface area contributed by atoms with Gasteiger partial charge < -0.3 is 14.5 Å². The molecule has 4 aromatic rings. The zero-order valence-electron chi connectivity index (χ0n) is 15.5.